The molecule has 2 heteroatoms. The molecule has 198 valence electrons. The SMILES string of the molecule is CCCC(C)(C)c1ccc2c(c1)Sc1cc(C(C)(C)CC)ccc1N2c1c(C)cc(C(C)(C)C)cc1C. The highest BCUT2D eigenvalue weighted by molar-refractivity contribution is 7.99. The first kappa shape index (κ1) is 27.8. The topological polar surface area (TPSA) is 3.24 Å². The van der Waals surface area contributed by atoms with Crippen molar-refractivity contribution in [3.8, 4) is 0 Å². The van der Waals surface area contributed by atoms with E-state index in [2.05, 4.69) is 130 Å². The highest BCUT2D eigenvalue weighted by Gasteiger charge is 2.31. The van der Waals surface area contributed by atoms with Gasteiger partial charge in [-0.2, -0.15) is 0 Å². The molecular formula is C35H47NS. The molecule has 0 radical (unpaired) electrons. The van der Waals surface area contributed by atoms with E-state index < -0.39 is 0 Å². The second-order valence-electron chi connectivity index (χ2n) is 13.4. The Hall–Kier alpha value is -2.19. The van der Waals surface area contributed by atoms with Crippen molar-refractivity contribution in [1.82, 2.24) is 0 Å². The molecule has 3 aromatic rings. The molecule has 1 aliphatic heterocycles. The number of nitrogens with zero attached hydrogens (tertiary/aromatic N) is 1. The zero-order valence-electron chi connectivity index (χ0n) is 25.1. The number of rotatable bonds is 6. The number of aryl methyl sites for hydroxylation is 2. The van der Waals surface area contributed by atoms with Crippen molar-refractivity contribution in [2.45, 2.75) is 121 Å². The van der Waals surface area contributed by atoms with Crippen LogP contribution in [0.1, 0.15) is 109 Å². The first-order valence-corrected chi connectivity index (χ1v) is 14.9. The summed E-state index contributed by atoms with van der Waals surface area (Å²) in [4.78, 5) is 5.26. The van der Waals surface area contributed by atoms with Crippen LogP contribution in [0.2, 0.25) is 0 Å². The van der Waals surface area contributed by atoms with E-state index in [9.17, 15) is 0 Å². The minimum atomic E-state index is 0.127. The Bertz CT molecular complexity index is 1280. The van der Waals surface area contributed by atoms with E-state index in [1.165, 1.54) is 67.5 Å². The van der Waals surface area contributed by atoms with Crippen molar-refractivity contribution < 1.29 is 0 Å². The van der Waals surface area contributed by atoms with Crippen molar-refractivity contribution >= 4 is 28.8 Å². The van der Waals surface area contributed by atoms with Crippen LogP contribution in [0.3, 0.4) is 0 Å². The first-order valence-electron chi connectivity index (χ1n) is 14.1. The van der Waals surface area contributed by atoms with E-state index in [1.54, 1.807) is 0 Å². The summed E-state index contributed by atoms with van der Waals surface area (Å²) < 4.78 is 0. The zero-order valence-corrected chi connectivity index (χ0v) is 25.9. The number of benzene rings is 3. The molecule has 1 heterocycles. The van der Waals surface area contributed by atoms with Crippen LogP contribution >= 0.6 is 11.8 Å². The monoisotopic (exact) mass is 513 g/mol. The maximum absolute atomic E-state index is 2.54. The van der Waals surface area contributed by atoms with E-state index in [-0.39, 0.29) is 16.2 Å². The molecule has 0 unspecified atom stereocenters. The van der Waals surface area contributed by atoms with Crippen LogP contribution in [0.4, 0.5) is 17.1 Å². The molecule has 3 aromatic carbocycles. The molecular weight excluding hydrogens is 466 g/mol. The summed E-state index contributed by atoms with van der Waals surface area (Å²) in [6, 6.07) is 19.2. The van der Waals surface area contributed by atoms with Crippen molar-refractivity contribution in [2.75, 3.05) is 4.90 Å². The standard InChI is InChI=1S/C35H47NS/c1-12-18-35(10,11)26-15-17-29-31(22-26)37-30-21-25(34(8,9)13-2)14-16-28(30)36(29)32-23(3)19-27(20-24(32)4)33(5,6)7/h14-17,19-22H,12-13,18H2,1-11H3. The van der Waals surface area contributed by atoms with Crippen LogP contribution < -0.4 is 4.90 Å². The molecule has 0 spiro atoms. The van der Waals surface area contributed by atoms with Gasteiger partial charge in [0.1, 0.15) is 0 Å². The van der Waals surface area contributed by atoms with Crippen LogP contribution in [-0.2, 0) is 16.2 Å². The Labute approximate surface area is 231 Å². The van der Waals surface area contributed by atoms with Crippen LogP contribution in [0.15, 0.2) is 58.3 Å². The average Bonchev–Trinajstić information content (AvgIpc) is 2.81. The van der Waals surface area contributed by atoms with Gasteiger partial charge in [-0.15, -0.1) is 0 Å². The Morgan fingerprint density at radius 1 is 0.649 bits per heavy atom. The van der Waals surface area contributed by atoms with Gasteiger partial charge in [0.2, 0.25) is 0 Å². The van der Waals surface area contributed by atoms with Gasteiger partial charge < -0.3 is 4.90 Å². The second kappa shape index (κ2) is 9.84. The van der Waals surface area contributed by atoms with Crippen LogP contribution in [0.25, 0.3) is 0 Å². The Morgan fingerprint density at radius 3 is 1.57 bits per heavy atom. The largest absolute Gasteiger partial charge is 0.308 e. The molecule has 0 atom stereocenters. The molecule has 0 bridgehead atoms. The van der Waals surface area contributed by atoms with Crippen molar-refractivity contribution in [3.05, 3.63) is 76.3 Å². The summed E-state index contributed by atoms with van der Waals surface area (Å²) in [5, 5.41) is 0. The normalized spacial score (nSPS) is 14.0. The molecule has 0 saturated carbocycles. The highest BCUT2D eigenvalue weighted by Crippen LogP contribution is 2.54. The van der Waals surface area contributed by atoms with Crippen molar-refractivity contribution in [1.29, 1.82) is 0 Å². The molecule has 0 fully saturated rings. The molecule has 0 aromatic heterocycles. The quantitative estimate of drug-likeness (QED) is 0.252. The zero-order chi connectivity index (χ0) is 27.3. The van der Waals surface area contributed by atoms with Gasteiger partial charge in [-0.25, -0.2) is 0 Å². The van der Waals surface area contributed by atoms with Gasteiger partial charge in [0.25, 0.3) is 0 Å². The van der Waals surface area contributed by atoms with Gasteiger partial charge in [0, 0.05) is 9.79 Å². The average molecular weight is 514 g/mol. The maximum atomic E-state index is 2.54. The van der Waals surface area contributed by atoms with Crippen molar-refractivity contribution in [2.24, 2.45) is 0 Å². The van der Waals surface area contributed by atoms with Crippen LogP contribution in [-0.4, -0.2) is 0 Å². The minimum Gasteiger partial charge on any atom is -0.308 e. The predicted octanol–water partition coefficient (Wildman–Crippen LogP) is 11.3. The molecule has 1 aliphatic rings. The lowest BCUT2D eigenvalue weighted by molar-refractivity contribution is 0.472. The lowest BCUT2D eigenvalue weighted by atomic mass is 9.80. The van der Waals surface area contributed by atoms with Gasteiger partial charge in [0.05, 0.1) is 17.1 Å². The van der Waals surface area contributed by atoms with Gasteiger partial charge >= 0.3 is 0 Å². The number of fused-ring (bicyclic) bond motifs is 2. The summed E-state index contributed by atoms with van der Waals surface area (Å²) in [7, 11) is 0. The van der Waals surface area contributed by atoms with E-state index in [1.807, 2.05) is 11.8 Å². The Kier molecular flexibility index (Phi) is 7.40. The predicted molar refractivity (Wildman–Crippen MR) is 165 cm³/mol. The molecule has 0 amide bonds. The fourth-order valence-corrected chi connectivity index (χ4v) is 6.74. The number of anilines is 3. The van der Waals surface area contributed by atoms with Crippen molar-refractivity contribution in [3.63, 3.8) is 0 Å². The van der Waals surface area contributed by atoms with Crippen LogP contribution in [0.5, 0.6) is 0 Å². The number of hydrogen-bond donors (Lipinski definition) is 0. The molecule has 37 heavy (non-hydrogen) atoms. The Balaban J connectivity index is 1.96. The third-order valence-corrected chi connectivity index (χ3v) is 9.62. The smallest absolute Gasteiger partial charge is 0.0602 e. The number of hydrogen-bond acceptors (Lipinski definition) is 2. The molecule has 0 N–H and O–H groups in total. The first-order chi connectivity index (χ1) is 17.2. The summed E-state index contributed by atoms with van der Waals surface area (Å²) in [6.07, 6.45) is 3.51. The summed E-state index contributed by atoms with van der Waals surface area (Å²) in [6.45, 7) is 25.6. The fraction of sp³-hybridized carbons (Fsp3) is 0.486. The lowest BCUT2D eigenvalue weighted by Gasteiger charge is -2.37. The van der Waals surface area contributed by atoms with E-state index in [0.717, 1.165) is 6.42 Å². The summed E-state index contributed by atoms with van der Waals surface area (Å²) >= 11 is 1.95. The van der Waals surface area contributed by atoms with Gasteiger partial charge in [0.15, 0.2) is 0 Å². The second-order valence-corrected chi connectivity index (χ2v) is 14.5. The summed E-state index contributed by atoms with van der Waals surface area (Å²) in [5.41, 5.74) is 11.3. The minimum absolute atomic E-state index is 0.127. The summed E-state index contributed by atoms with van der Waals surface area (Å²) in [5.74, 6) is 0. The van der Waals surface area contributed by atoms with Gasteiger partial charge in [-0.05, 0) is 95.0 Å². The molecule has 4 rings (SSSR count). The molecule has 1 nitrogen and oxygen atoms in total. The fourth-order valence-electron chi connectivity index (χ4n) is 5.61. The third-order valence-electron chi connectivity index (χ3n) is 8.52. The molecule has 0 saturated heterocycles. The van der Waals surface area contributed by atoms with E-state index in [0.29, 0.717) is 0 Å². The lowest BCUT2D eigenvalue weighted by Crippen LogP contribution is -2.22. The Morgan fingerprint density at radius 2 is 1.14 bits per heavy atom. The third kappa shape index (κ3) is 5.24. The highest BCUT2D eigenvalue weighted by atomic mass is 32.2. The van der Waals surface area contributed by atoms with Gasteiger partial charge in [-0.1, -0.05) is 105 Å². The van der Waals surface area contributed by atoms with Crippen LogP contribution in [0, 0.1) is 13.8 Å². The van der Waals surface area contributed by atoms with Gasteiger partial charge in [-0.3, -0.25) is 0 Å². The van der Waals surface area contributed by atoms with E-state index in [4.69, 9.17) is 0 Å². The maximum Gasteiger partial charge on any atom is 0.0602 e. The molecule has 0 aliphatic carbocycles. The van der Waals surface area contributed by atoms with E-state index >= 15 is 0 Å².